The summed E-state index contributed by atoms with van der Waals surface area (Å²) in [5, 5.41) is 21.7. The largest absolute Gasteiger partial charge is 0.504 e. The van der Waals surface area contributed by atoms with Crippen molar-refractivity contribution < 1.29 is 32.6 Å². The standard InChI is InChI=1S/C33H30ClF3N10O5/c1-17-27(49)26(39-16-38-17)30(51)44-9-7-32(8-10-44)25-23(6-11-52-32)45(15-24(48)41-22-5-2-19(12-21(22)34)33(35,36)37)31-42-28(43-47(31)29(25)50)18-13-40-46(14-18)20-3-4-20/h2,5,12-14,16,20,49H,3-4,6-11,15H2,1H3,(H,41,48). The number of aromatic nitrogens is 8. The van der Waals surface area contributed by atoms with Gasteiger partial charge in [0.2, 0.25) is 11.7 Å². The van der Waals surface area contributed by atoms with Gasteiger partial charge in [0.1, 0.15) is 18.5 Å². The van der Waals surface area contributed by atoms with Crippen LogP contribution in [0.1, 0.15) is 64.7 Å². The van der Waals surface area contributed by atoms with Gasteiger partial charge in [-0.2, -0.15) is 27.8 Å². The number of hydrogen-bond donors (Lipinski definition) is 2. The van der Waals surface area contributed by atoms with Crippen LogP contribution in [0.15, 0.2) is 41.7 Å². The molecule has 8 rings (SSSR count). The van der Waals surface area contributed by atoms with E-state index < -0.39 is 41.3 Å². The maximum atomic E-state index is 14.4. The van der Waals surface area contributed by atoms with Crippen LogP contribution in [0.2, 0.25) is 5.02 Å². The minimum atomic E-state index is -4.62. The zero-order valence-corrected chi connectivity index (χ0v) is 28.3. The average molecular weight is 739 g/mol. The molecule has 2 aliphatic heterocycles. The Bertz CT molecular complexity index is 2330. The number of ether oxygens (including phenoxy) is 1. The van der Waals surface area contributed by atoms with Crippen molar-refractivity contribution in [3.05, 3.63) is 80.5 Å². The van der Waals surface area contributed by atoms with E-state index in [1.807, 2.05) is 4.68 Å². The molecule has 0 bridgehead atoms. The average Bonchev–Trinajstić information content (AvgIpc) is 3.66. The molecule has 0 unspecified atom stereocenters. The minimum absolute atomic E-state index is 0.0259. The van der Waals surface area contributed by atoms with E-state index in [0.29, 0.717) is 11.3 Å². The summed E-state index contributed by atoms with van der Waals surface area (Å²) in [6.07, 6.45) is 2.64. The Kier molecular flexibility index (Phi) is 8.05. The van der Waals surface area contributed by atoms with Crippen LogP contribution in [0.3, 0.4) is 0 Å². The first-order valence-electron chi connectivity index (χ1n) is 16.5. The fraction of sp³-hybridized carbons (Fsp3) is 0.394. The van der Waals surface area contributed by atoms with Crippen LogP contribution in [-0.4, -0.2) is 80.4 Å². The van der Waals surface area contributed by atoms with Crippen LogP contribution in [0.5, 0.6) is 5.75 Å². The number of aromatic hydroxyl groups is 1. The summed E-state index contributed by atoms with van der Waals surface area (Å²) in [4.78, 5) is 55.5. The SMILES string of the molecule is Cc1ncnc(C(=O)N2CCC3(CC2)OCCc2c3c(=O)n3nc(-c4cnn(C5CC5)c4)nc3n2CC(=O)Nc2ccc(C(F)(F)F)cc2Cl)c1O. The van der Waals surface area contributed by atoms with E-state index in [9.17, 15) is 32.7 Å². The van der Waals surface area contributed by atoms with Gasteiger partial charge in [-0.15, -0.1) is 5.10 Å². The summed E-state index contributed by atoms with van der Waals surface area (Å²) >= 11 is 6.14. The Labute approximate surface area is 297 Å². The molecule has 5 aromatic rings. The van der Waals surface area contributed by atoms with E-state index in [-0.39, 0.29) is 90.0 Å². The van der Waals surface area contributed by atoms with Crippen LogP contribution in [-0.2, 0) is 34.3 Å². The molecule has 0 radical (unpaired) electrons. The maximum absolute atomic E-state index is 14.4. The number of likely N-dealkylation sites (tertiary alicyclic amines) is 1. The molecule has 2 N–H and O–H groups in total. The molecule has 4 aromatic heterocycles. The molecule has 3 aliphatic rings. The number of halogens is 4. The molecule has 1 aromatic carbocycles. The summed E-state index contributed by atoms with van der Waals surface area (Å²) in [5.74, 6) is -1.15. The van der Waals surface area contributed by atoms with Crippen molar-refractivity contribution in [2.75, 3.05) is 25.0 Å². The molecule has 6 heterocycles. The van der Waals surface area contributed by atoms with Crippen molar-refractivity contribution in [1.29, 1.82) is 0 Å². The number of aryl methyl sites for hydroxylation is 1. The third-order valence-corrected chi connectivity index (χ3v) is 10.1. The van der Waals surface area contributed by atoms with Gasteiger partial charge in [-0.05, 0) is 50.8 Å². The van der Waals surface area contributed by atoms with Crippen molar-refractivity contribution in [1.82, 2.24) is 43.8 Å². The highest BCUT2D eigenvalue weighted by molar-refractivity contribution is 6.33. The van der Waals surface area contributed by atoms with Gasteiger partial charge in [0.05, 0.1) is 51.9 Å². The second-order valence-electron chi connectivity index (χ2n) is 13.1. The number of piperidine rings is 1. The van der Waals surface area contributed by atoms with Crippen LogP contribution >= 0.6 is 11.6 Å². The second-order valence-corrected chi connectivity index (χ2v) is 13.5. The fourth-order valence-electron chi connectivity index (χ4n) is 6.88. The fourth-order valence-corrected chi connectivity index (χ4v) is 7.11. The lowest BCUT2D eigenvalue weighted by Gasteiger charge is -2.44. The van der Waals surface area contributed by atoms with Crippen molar-refractivity contribution in [2.45, 2.75) is 63.4 Å². The molecule has 0 atom stereocenters. The highest BCUT2D eigenvalue weighted by atomic mass is 35.5. The maximum Gasteiger partial charge on any atom is 0.416 e. The second kappa shape index (κ2) is 12.4. The van der Waals surface area contributed by atoms with E-state index in [4.69, 9.17) is 16.3 Å². The molecule has 52 heavy (non-hydrogen) atoms. The number of anilines is 1. The molecule has 2 fully saturated rings. The van der Waals surface area contributed by atoms with Crippen LogP contribution in [0.4, 0.5) is 18.9 Å². The lowest BCUT2D eigenvalue weighted by Crippen LogP contribution is -2.52. The smallest absolute Gasteiger partial charge is 0.416 e. The molecule has 1 aliphatic carbocycles. The Morgan fingerprint density at radius 1 is 1.17 bits per heavy atom. The summed E-state index contributed by atoms with van der Waals surface area (Å²) in [6, 6.07) is 2.91. The van der Waals surface area contributed by atoms with Crippen LogP contribution in [0, 0.1) is 6.92 Å². The molecule has 1 spiro atoms. The molecular formula is C33H30ClF3N10O5. The quantitative estimate of drug-likeness (QED) is 0.260. The first-order valence-corrected chi connectivity index (χ1v) is 16.9. The number of rotatable bonds is 6. The summed E-state index contributed by atoms with van der Waals surface area (Å²) < 4.78 is 50.6. The first-order chi connectivity index (χ1) is 24.8. The van der Waals surface area contributed by atoms with E-state index in [1.165, 1.54) is 11.2 Å². The van der Waals surface area contributed by atoms with Gasteiger partial charge in [-0.25, -0.2) is 9.97 Å². The van der Waals surface area contributed by atoms with Crippen LogP contribution in [0.25, 0.3) is 17.2 Å². The number of benzene rings is 1. The Hall–Kier alpha value is -5.36. The normalized spacial score (nSPS) is 17.1. The van der Waals surface area contributed by atoms with Gasteiger partial charge in [0.15, 0.2) is 17.3 Å². The summed E-state index contributed by atoms with van der Waals surface area (Å²) in [6.45, 7) is 1.67. The topological polar surface area (TPSA) is 175 Å². The molecule has 19 heteroatoms. The van der Waals surface area contributed by atoms with Gasteiger partial charge in [-0.1, -0.05) is 11.6 Å². The van der Waals surface area contributed by atoms with Gasteiger partial charge in [0, 0.05) is 31.4 Å². The first kappa shape index (κ1) is 33.8. The number of carbonyl (C=O) groups is 2. The number of amides is 2. The number of alkyl halides is 3. The Morgan fingerprint density at radius 2 is 1.94 bits per heavy atom. The van der Waals surface area contributed by atoms with Crippen LogP contribution < -0.4 is 10.9 Å². The number of nitrogens with zero attached hydrogens (tertiary/aromatic N) is 9. The lowest BCUT2D eigenvalue weighted by molar-refractivity contribution is -0.137. The minimum Gasteiger partial charge on any atom is -0.504 e. The zero-order valence-electron chi connectivity index (χ0n) is 27.5. The molecule has 15 nitrogen and oxygen atoms in total. The van der Waals surface area contributed by atoms with Gasteiger partial charge in [-0.3, -0.25) is 19.1 Å². The monoisotopic (exact) mass is 738 g/mol. The van der Waals surface area contributed by atoms with Crippen molar-refractivity contribution in [3.8, 4) is 17.1 Å². The number of carbonyl (C=O) groups excluding carboxylic acids is 2. The Balaban J connectivity index is 1.17. The van der Waals surface area contributed by atoms with Gasteiger partial charge >= 0.3 is 6.18 Å². The van der Waals surface area contributed by atoms with Gasteiger partial charge in [0.25, 0.3) is 11.5 Å². The van der Waals surface area contributed by atoms with Gasteiger partial charge < -0.3 is 24.6 Å². The molecule has 1 saturated carbocycles. The third kappa shape index (κ3) is 5.84. The molecule has 1 saturated heterocycles. The molecule has 2 amide bonds. The van der Waals surface area contributed by atoms with E-state index in [1.54, 1.807) is 23.9 Å². The number of fused-ring (bicyclic) bond motifs is 3. The van der Waals surface area contributed by atoms with E-state index >= 15 is 0 Å². The van der Waals surface area contributed by atoms with E-state index in [0.717, 1.165) is 35.6 Å². The lowest BCUT2D eigenvalue weighted by atomic mass is 9.81. The highest BCUT2D eigenvalue weighted by Crippen LogP contribution is 2.41. The predicted molar refractivity (Wildman–Crippen MR) is 177 cm³/mol. The number of nitrogens with one attached hydrogen (secondary N) is 1. The Morgan fingerprint density at radius 3 is 2.65 bits per heavy atom. The highest BCUT2D eigenvalue weighted by Gasteiger charge is 2.46. The summed E-state index contributed by atoms with van der Waals surface area (Å²) in [7, 11) is 0. The zero-order chi connectivity index (χ0) is 36.5. The predicted octanol–water partition coefficient (Wildman–Crippen LogP) is 3.91. The molecular weight excluding hydrogens is 709 g/mol. The molecule has 270 valence electrons. The van der Waals surface area contributed by atoms with E-state index in [2.05, 4.69) is 30.5 Å². The number of hydrogen-bond acceptors (Lipinski definition) is 10. The van der Waals surface area contributed by atoms with Crippen molar-refractivity contribution in [3.63, 3.8) is 0 Å². The third-order valence-electron chi connectivity index (χ3n) is 9.74. The summed E-state index contributed by atoms with van der Waals surface area (Å²) in [5.41, 5.74) is -1.19. The van der Waals surface area contributed by atoms with Crippen molar-refractivity contribution >= 4 is 34.9 Å². The van der Waals surface area contributed by atoms with Crippen molar-refractivity contribution in [2.24, 2.45) is 0 Å².